The van der Waals surface area contributed by atoms with Crippen LogP contribution in [0, 0.1) is 5.82 Å². The van der Waals surface area contributed by atoms with Crippen molar-refractivity contribution in [2.24, 2.45) is 0 Å². The molecule has 1 N–H and O–H groups in total. The van der Waals surface area contributed by atoms with Crippen LogP contribution in [0.2, 0.25) is 0 Å². The second kappa shape index (κ2) is 7.85. The first-order valence-corrected chi connectivity index (χ1v) is 11.2. The minimum atomic E-state index is -0.426. The molecule has 3 nitrogen and oxygen atoms in total. The molecule has 2 aliphatic rings. The summed E-state index contributed by atoms with van der Waals surface area (Å²) < 4.78 is 13.2. The van der Waals surface area contributed by atoms with Crippen LogP contribution in [0.5, 0.6) is 0 Å². The quantitative estimate of drug-likeness (QED) is 0.602. The Hall–Kier alpha value is -2.56. The largest absolute Gasteiger partial charge is 0.388 e. The summed E-state index contributed by atoms with van der Waals surface area (Å²) in [5.41, 5.74) is 7.03. The summed E-state index contributed by atoms with van der Waals surface area (Å²) >= 11 is 0. The van der Waals surface area contributed by atoms with E-state index in [9.17, 15) is 9.50 Å². The fraction of sp³-hybridized carbons (Fsp3) is 0.370. The first-order valence-electron chi connectivity index (χ1n) is 11.2. The van der Waals surface area contributed by atoms with Crippen LogP contribution in [0.25, 0.3) is 11.1 Å². The first kappa shape index (κ1) is 20.3. The predicted octanol–water partition coefficient (Wildman–Crippen LogP) is 5.59. The van der Waals surface area contributed by atoms with Crippen LogP contribution in [-0.4, -0.2) is 28.1 Å². The highest BCUT2D eigenvalue weighted by molar-refractivity contribution is 5.70. The SMILES string of the molecule is CC(C)c1ccccc1-c1ccc2c(c1)C(O)CC21CCN(Cc2ccc(F)cn2)C1. The maximum atomic E-state index is 13.2. The van der Waals surface area contributed by atoms with Gasteiger partial charge in [0.1, 0.15) is 5.82 Å². The van der Waals surface area contributed by atoms with Gasteiger partial charge in [0.2, 0.25) is 0 Å². The number of halogens is 1. The third kappa shape index (κ3) is 3.68. The number of pyridine rings is 1. The lowest BCUT2D eigenvalue weighted by molar-refractivity contribution is 0.153. The van der Waals surface area contributed by atoms with Crippen molar-refractivity contribution in [3.8, 4) is 11.1 Å². The van der Waals surface area contributed by atoms with Gasteiger partial charge in [0.25, 0.3) is 0 Å². The van der Waals surface area contributed by atoms with Gasteiger partial charge in [-0.05, 0) is 71.3 Å². The van der Waals surface area contributed by atoms with Crippen LogP contribution < -0.4 is 0 Å². The van der Waals surface area contributed by atoms with Crippen molar-refractivity contribution >= 4 is 0 Å². The molecule has 1 aliphatic heterocycles. The van der Waals surface area contributed by atoms with Gasteiger partial charge >= 0.3 is 0 Å². The van der Waals surface area contributed by atoms with Crippen LogP contribution in [0.4, 0.5) is 4.39 Å². The number of aliphatic hydroxyl groups is 1. The van der Waals surface area contributed by atoms with Crippen molar-refractivity contribution in [2.45, 2.75) is 50.7 Å². The standard InChI is InChI=1S/C27H29FN2O/c1-18(2)22-5-3-4-6-23(22)19-7-10-25-24(13-19)26(31)14-27(25)11-12-30(17-27)16-21-9-8-20(28)15-29-21/h3-10,13,15,18,26,31H,11-12,14,16-17H2,1-2H3. The number of nitrogens with zero attached hydrogens (tertiary/aromatic N) is 2. The second-order valence-electron chi connectivity index (χ2n) is 9.47. The molecule has 160 valence electrons. The summed E-state index contributed by atoms with van der Waals surface area (Å²) in [6, 6.07) is 18.5. The molecule has 3 aromatic rings. The fourth-order valence-corrected chi connectivity index (χ4v) is 5.55. The molecule has 5 rings (SSSR count). The lowest BCUT2D eigenvalue weighted by atomic mass is 9.80. The molecule has 1 saturated heterocycles. The summed E-state index contributed by atoms with van der Waals surface area (Å²) in [5.74, 6) is 0.147. The van der Waals surface area contributed by atoms with Gasteiger partial charge < -0.3 is 5.11 Å². The smallest absolute Gasteiger partial charge is 0.141 e. The van der Waals surface area contributed by atoms with E-state index in [2.05, 4.69) is 66.2 Å². The molecule has 1 aliphatic carbocycles. The van der Waals surface area contributed by atoms with Crippen LogP contribution in [-0.2, 0) is 12.0 Å². The van der Waals surface area contributed by atoms with Crippen molar-refractivity contribution in [3.05, 3.63) is 89.0 Å². The number of benzene rings is 2. The highest BCUT2D eigenvalue weighted by Crippen LogP contribution is 2.51. The maximum Gasteiger partial charge on any atom is 0.141 e. The molecular weight excluding hydrogens is 387 g/mol. The maximum absolute atomic E-state index is 13.2. The van der Waals surface area contributed by atoms with Crippen molar-refractivity contribution in [1.82, 2.24) is 9.88 Å². The highest BCUT2D eigenvalue weighted by atomic mass is 19.1. The zero-order valence-electron chi connectivity index (χ0n) is 18.2. The third-order valence-electron chi connectivity index (χ3n) is 7.07. The van der Waals surface area contributed by atoms with E-state index >= 15 is 0 Å². The van der Waals surface area contributed by atoms with Crippen LogP contribution in [0.1, 0.15) is 61.1 Å². The Kier molecular flexibility index (Phi) is 5.15. The molecule has 2 heterocycles. The Morgan fingerprint density at radius 3 is 2.77 bits per heavy atom. The normalized spacial score (nSPS) is 23.1. The van der Waals surface area contributed by atoms with Crippen molar-refractivity contribution in [1.29, 1.82) is 0 Å². The van der Waals surface area contributed by atoms with E-state index in [-0.39, 0.29) is 11.2 Å². The molecular formula is C27H29FN2O. The fourth-order valence-electron chi connectivity index (χ4n) is 5.55. The Morgan fingerprint density at radius 1 is 1.16 bits per heavy atom. The molecule has 1 fully saturated rings. The van der Waals surface area contributed by atoms with E-state index in [4.69, 9.17) is 0 Å². The van der Waals surface area contributed by atoms with E-state index in [1.165, 1.54) is 34.5 Å². The number of rotatable bonds is 4. The van der Waals surface area contributed by atoms with Gasteiger partial charge in [-0.3, -0.25) is 9.88 Å². The van der Waals surface area contributed by atoms with Crippen LogP contribution >= 0.6 is 0 Å². The summed E-state index contributed by atoms with van der Waals surface area (Å²) in [6.45, 7) is 7.02. The molecule has 0 radical (unpaired) electrons. The summed E-state index contributed by atoms with van der Waals surface area (Å²) in [6.07, 6.45) is 2.65. The van der Waals surface area contributed by atoms with E-state index < -0.39 is 6.10 Å². The summed E-state index contributed by atoms with van der Waals surface area (Å²) in [5, 5.41) is 11.0. The van der Waals surface area contributed by atoms with Gasteiger partial charge in [-0.1, -0.05) is 50.2 Å². The predicted molar refractivity (Wildman–Crippen MR) is 121 cm³/mol. The second-order valence-corrected chi connectivity index (χ2v) is 9.47. The van der Waals surface area contributed by atoms with Crippen LogP contribution in [0.3, 0.4) is 0 Å². The van der Waals surface area contributed by atoms with Gasteiger partial charge in [0.05, 0.1) is 18.0 Å². The average molecular weight is 417 g/mol. The Morgan fingerprint density at radius 2 is 2.00 bits per heavy atom. The Labute approximate surface area is 183 Å². The van der Waals surface area contributed by atoms with Gasteiger partial charge in [-0.2, -0.15) is 0 Å². The molecule has 31 heavy (non-hydrogen) atoms. The number of hydrogen-bond acceptors (Lipinski definition) is 3. The van der Waals surface area contributed by atoms with Gasteiger partial charge in [0.15, 0.2) is 0 Å². The molecule has 1 aromatic heterocycles. The van der Waals surface area contributed by atoms with Crippen molar-refractivity contribution in [2.75, 3.05) is 13.1 Å². The Balaban J connectivity index is 1.42. The number of aliphatic hydroxyl groups excluding tert-OH is 1. The number of hydrogen-bond donors (Lipinski definition) is 1. The monoisotopic (exact) mass is 416 g/mol. The third-order valence-corrected chi connectivity index (χ3v) is 7.07. The van der Waals surface area contributed by atoms with E-state index in [0.29, 0.717) is 12.5 Å². The number of fused-ring (bicyclic) bond motifs is 2. The zero-order valence-corrected chi connectivity index (χ0v) is 18.2. The number of aromatic nitrogens is 1. The molecule has 0 amide bonds. The first-order chi connectivity index (χ1) is 14.9. The molecule has 0 saturated carbocycles. The van der Waals surface area contributed by atoms with Crippen LogP contribution in [0.15, 0.2) is 60.8 Å². The minimum absolute atomic E-state index is 0.00905. The van der Waals surface area contributed by atoms with E-state index in [1.807, 2.05) is 0 Å². The Bertz CT molecular complexity index is 1090. The molecule has 2 atom stereocenters. The molecule has 1 spiro atoms. The van der Waals surface area contributed by atoms with Crippen molar-refractivity contribution < 1.29 is 9.50 Å². The summed E-state index contributed by atoms with van der Waals surface area (Å²) in [7, 11) is 0. The summed E-state index contributed by atoms with van der Waals surface area (Å²) in [4.78, 5) is 6.60. The molecule has 2 aromatic carbocycles. The molecule has 0 bridgehead atoms. The highest BCUT2D eigenvalue weighted by Gasteiger charge is 2.47. The van der Waals surface area contributed by atoms with Gasteiger partial charge in [0, 0.05) is 18.5 Å². The average Bonchev–Trinajstić information content (AvgIpc) is 3.29. The molecule has 4 heteroatoms. The van der Waals surface area contributed by atoms with Gasteiger partial charge in [-0.25, -0.2) is 4.39 Å². The lowest BCUT2D eigenvalue weighted by Crippen LogP contribution is -2.29. The topological polar surface area (TPSA) is 36.4 Å². The van der Waals surface area contributed by atoms with Crippen molar-refractivity contribution in [3.63, 3.8) is 0 Å². The lowest BCUT2D eigenvalue weighted by Gasteiger charge is -2.26. The number of likely N-dealkylation sites (tertiary alicyclic amines) is 1. The zero-order chi connectivity index (χ0) is 21.6. The van der Waals surface area contributed by atoms with E-state index in [0.717, 1.165) is 37.2 Å². The minimum Gasteiger partial charge on any atom is -0.388 e. The molecule has 2 unspecified atom stereocenters. The van der Waals surface area contributed by atoms with Gasteiger partial charge in [-0.15, -0.1) is 0 Å². The van der Waals surface area contributed by atoms with E-state index in [1.54, 1.807) is 6.07 Å².